The molecule has 0 heterocycles. The van der Waals surface area contributed by atoms with Crippen LogP contribution in [0.4, 0.5) is 17.6 Å². The third-order valence-corrected chi connectivity index (χ3v) is 6.95. The lowest BCUT2D eigenvalue weighted by molar-refractivity contribution is 0.443. The average molecular weight is 467 g/mol. The molecule has 0 N–H and O–H groups in total. The Morgan fingerprint density at radius 1 is 0.765 bits per heavy atom. The predicted molar refractivity (Wildman–Crippen MR) is 131 cm³/mol. The van der Waals surface area contributed by atoms with E-state index in [1.165, 1.54) is 13.3 Å². The number of benzene rings is 3. The third kappa shape index (κ3) is 5.11. The summed E-state index contributed by atoms with van der Waals surface area (Å²) in [5.41, 5.74) is 3.59. The van der Waals surface area contributed by atoms with Crippen LogP contribution in [0.3, 0.4) is 0 Å². The minimum absolute atomic E-state index is 0.205. The molecular weight excluding hydrogens is 436 g/mol. The van der Waals surface area contributed by atoms with Gasteiger partial charge in [0.2, 0.25) is 0 Å². The van der Waals surface area contributed by atoms with Crippen LogP contribution in [0, 0.1) is 36.1 Å². The Hall–Kier alpha value is -2.88. The van der Waals surface area contributed by atoms with E-state index in [2.05, 4.69) is 13.0 Å². The summed E-state index contributed by atoms with van der Waals surface area (Å²) in [5, 5.41) is 0. The first-order valence-electron chi connectivity index (χ1n) is 12.1. The zero-order valence-corrected chi connectivity index (χ0v) is 19.7. The molecule has 1 atom stereocenters. The summed E-state index contributed by atoms with van der Waals surface area (Å²) in [5.74, 6) is -2.59. The molecule has 3 aromatic carbocycles. The lowest BCUT2D eigenvalue weighted by Crippen LogP contribution is -2.07. The van der Waals surface area contributed by atoms with Gasteiger partial charge in [0.1, 0.15) is 0 Å². The molecule has 4 heteroatoms. The van der Waals surface area contributed by atoms with E-state index in [9.17, 15) is 17.6 Å². The third-order valence-electron chi connectivity index (χ3n) is 6.95. The van der Waals surface area contributed by atoms with Crippen molar-refractivity contribution >= 4 is 5.57 Å². The summed E-state index contributed by atoms with van der Waals surface area (Å²) < 4.78 is 57.9. The van der Waals surface area contributed by atoms with Crippen molar-refractivity contribution in [2.75, 3.05) is 0 Å². The molecule has 0 aliphatic heterocycles. The van der Waals surface area contributed by atoms with E-state index >= 15 is 0 Å². The van der Waals surface area contributed by atoms with E-state index in [0.717, 1.165) is 36.8 Å². The maximum atomic E-state index is 14.9. The first-order valence-corrected chi connectivity index (χ1v) is 12.1. The predicted octanol–water partition coefficient (Wildman–Crippen LogP) is 8.99. The van der Waals surface area contributed by atoms with Crippen molar-refractivity contribution in [1.82, 2.24) is 0 Å². The number of aryl methyl sites for hydroxylation is 3. The Morgan fingerprint density at radius 3 is 2.15 bits per heavy atom. The van der Waals surface area contributed by atoms with Crippen molar-refractivity contribution in [3.05, 3.63) is 100 Å². The minimum atomic E-state index is -0.862. The van der Waals surface area contributed by atoms with E-state index in [4.69, 9.17) is 0 Å². The molecule has 0 bridgehead atoms. The van der Waals surface area contributed by atoms with E-state index < -0.39 is 23.3 Å². The smallest absolute Gasteiger partial charge is 0.166 e. The van der Waals surface area contributed by atoms with Gasteiger partial charge in [-0.15, -0.1) is 0 Å². The van der Waals surface area contributed by atoms with Crippen LogP contribution in [-0.4, -0.2) is 0 Å². The lowest BCUT2D eigenvalue weighted by atomic mass is 9.84. The van der Waals surface area contributed by atoms with Crippen LogP contribution in [0.5, 0.6) is 0 Å². The molecule has 1 aliphatic carbocycles. The van der Waals surface area contributed by atoms with Crippen LogP contribution in [0.2, 0.25) is 0 Å². The molecule has 1 aliphatic rings. The Kier molecular flexibility index (Phi) is 7.55. The van der Waals surface area contributed by atoms with E-state index in [1.807, 2.05) is 12.1 Å². The topological polar surface area (TPSA) is 0 Å². The number of halogens is 4. The van der Waals surface area contributed by atoms with Gasteiger partial charge in [-0.05, 0) is 72.8 Å². The lowest BCUT2D eigenvalue weighted by Gasteiger charge is -2.22. The molecule has 1 unspecified atom stereocenters. The van der Waals surface area contributed by atoms with Gasteiger partial charge in [-0.2, -0.15) is 0 Å². The molecule has 178 valence electrons. The summed E-state index contributed by atoms with van der Waals surface area (Å²) in [7, 11) is 0. The maximum Gasteiger partial charge on any atom is 0.166 e. The standard InChI is InChI=1S/C30H30F4/c1-3-4-20-6-11-23(12-7-20)26-18-16-24(28(32)30(26)34)15-10-21-8-13-22(14-9-21)25-17-5-19(2)27(31)29(25)33/h5,8-9,11,13-14,16-18,20H,3-4,6-7,10,12,15H2,1-2H3. The molecule has 0 fully saturated rings. The normalized spacial score (nSPS) is 15.9. The van der Waals surface area contributed by atoms with Crippen molar-refractivity contribution in [3.63, 3.8) is 0 Å². The zero-order valence-electron chi connectivity index (χ0n) is 19.7. The Bertz CT molecular complexity index is 1190. The molecule has 0 saturated carbocycles. The van der Waals surface area contributed by atoms with Gasteiger partial charge >= 0.3 is 0 Å². The van der Waals surface area contributed by atoms with Crippen molar-refractivity contribution in [2.24, 2.45) is 5.92 Å². The first kappa shape index (κ1) is 24.3. The van der Waals surface area contributed by atoms with Gasteiger partial charge in [0.05, 0.1) is 0 Å². The van der Waals surface area contributed by atoms with Crippen molar-refractivity contribution < 1.29 is 17.6 Å². The van der Waals surface area contributed by atoms with Crippen LogP contribution in [0.1, 0.15) is 61.3 Å². The molecule has 0 amide bonds. The summed E-state index contributed by atoms with van der Waals surface area (Å²) >= 11 is 0. The van der Waals surface area contributed by atoms with Gasteiger partial charge < -0.3 is 0 Å². The van der Waals surface area contributed by atoms with Gasteiger partial charge in [-0.1, -0.05) is 74.4 Å². The molecular formula is C30H30F4. The SMILES string of the molecule is CCCC1CC=C(c2ccc(CCc3ccc(-c4ccc(C)c(F)c4F)cc3)c(F)c2F)CC1. The maximum absolute atomic E-state index is 14.9. The van der Waals surface area contributed by atoms with Crippen molar-refractivity contribution in [3.8, 4) is 11.1 Å². The summed E-state index contributed by atoms with van der Waals surface area (Å²) in [6.45, 7) is 3.70. The highest BCUT2D eigenvalue weighted by molar-refractivity contribution is 5.67. The molecule has 34 heavy (non-hydrogen) atoms. The van der Waals surface area contributed by atoms with E-state index in [0.29, 0.717) is 35.4 Å². The van der Waals surface area contributed by atoms with Gasteiger partial charge in [0, 0.05) is 11.1 Å². The van der Waals surface area contributed by atoms with Crippen LogP contribution >= 0.6 is 0 Å². The number of allylic oxidation sites excluding steroid dienone is 2. The number of hydrogen-bond acceptors (Lipinski definition) is 0. The van der Waals surface area contributed by atoms with Crippen molar-refractivity contribution in [1.29, 1.82) is 0 Å². The van der Waals surface area contributed by atoms with Gasteiger partial charge in [-0.25, -0.2) is 17.6 Å². The molecule has 0 aromatic heterocycles. The highest BCUT2D eigenvalue weighted by Crippen LogP contribution is 2.34. The fourth-order valence-electron chi connectivity index (χ4n) is 4.83. The Balaban J connectivity index is 1.44. The molecule has 0 spiro atoms. The van der Waals surface area contributed by atoms with Gasteiger partial charge in [0.15, 0.2) is 23.3 Å². The summed E-state index contributed by atoms with van der Waals surface area (Å²) in [6.07, 6.45) is 8.02. The average Bonchev–Trinajstić information content (AvgIpc) is 2.85. The minimum Gasteiger partial charge on any atom is -0.203 e. The summed E-state index contributed by atoms with van der Waals surface area (Å²) in [6, 6.07) is 13.6. The van der Waals surface area contributed by atoms with Crippen molar-refractivity contribution in [2.45, 2.75) is 58.8 Å². The second-order valence-electron chi connectivity index (χ2n) is 9.31. The van der Waals surface area contributed by atoms with Gasteiger partial charge in [0.25, 0.3) is 0 Å². The number of rotatable bonds is 7. The molecule has 0 nitrogen and oxygen atoms in total. The molecule has 0 radical (unpaired) electrons. The highest BCUT2D eigenvalue weighted by atomic mass is 19.2. The quantitative estimate of drug-likeness (QED) is 0.305. The number of hydrogen-bond donors (Lipinski definition) is 0. The molecule has 3 aromatic rings. The van der Waals surface area contributed by atoms with E-state index in [-0.39, 0.29) is 11.1 Å². The highest BCUT2D eigenvalue weighted by Gasteiger charge is 2.20. The summed E-state index contributed by atoms with van der Waals surface area (Å²) in [4.78, 5) is 0. The van der Waals surface area contributed by atoms with Gasteiger partial charge in [-0.3, -0.25) is 0 Å². The monoisotopic (exact) mass is 466 g/mol. The second kappa shape index (κ2) is 10.6. The van der Waals surface area contributed by atoms with Crippen LogP contribution < -0.4 is 0 Å². The largest absolute Gasteiger partial charge is 0.203 e. The first-order chi connectivity index (χ1) is 16.4. The zero-order chi connectivity index (χ0) is 24.2. The fraction of sp³-hybridized carbons (Fsp3) is 0.333. The van der Waals surface area contributed by atoms with Crippen LogP contribution in [0.25, 0.3) is 16.7 Å². The van der Waals surface area contributed by atoms with Crippen LogP contribution in [-0.2, 0) is 12.8 Å². The second-order valence-corrected chi connectivity index (χ2v) is 9.31. The molecule has 4 rings (SSSR count). The Morgan fingerprint density at radius 2 is 1.47 bits per heavy atom. The fourth-order valence-corrected chi connectivity index (χ4v) is 4.83. The van der Waals surface area contributed by atoms with E-state index in [1.54, 1.807) is 36.4 Å². The van der Waals surface area contributed by atoms with Crippen LogP contribution in [0.15, 0.2) is 54.6 Å². The Labute approximate surface area is 199 Å². The molecule has 0 saturated heterocycles.